The van der Waals surface area contributed by atoms with Crippen molar-refractivity contribution < 1.29 is 4.79 Å². The van der Waals surface area contributed by atoms with Gasteiger partial charge in [0.05, 0.1) is 5.56 Å². The van der Waals surface area contributed by atoms with Crippen LogP contribution in [0.5, 0.6) is 0 Å². The quantitative estimate of drug-likeness (QED) is 0.630. The van der Waals surface area contributed by atoms with Gasteiger partial charge in [0.1, 0.15) is 0 Å². The molecule has 2 N–H and O–H groups in total. The Labute approximate surface area is 100 Å². The SMILES string of the molecule is C#Cc1ccccc1C(N)=O.c1cc2ccc1-2. The van der Waals surface area contributed by atoms with Crippen LogP contribution in [0, 0.1) is 12.3 Å². The van der Waals surface area contributed by atoms with E-state index in [4.69, 9.17) is 12.2 Å². The van der Waals surface area contributed by atoms with E-state index in [2.05, 4.69) is 30.2 Å². The molecule has 0 heterocycles. The van der Waals surface area contributed by atoms with Gasteiger partial charge in [-0.1, -0.05) is 42.3 Å². The summed E-state index contributed by atoms with van der Waals surface area (Å²) in [6.07, 6.45) is 5.13. The minimum Gasteiger partial charge on any atom is -0.366 e. The maximum absolute atomic E-state index is 10.7. The highest BCUT2D eigenvalue weighted by molar-refractivity contribution is 5.95. The van der Waals surface area contributed by atoms with E-state index in [9.17, 15) is 4.79 Å². The van der Waals surface area contributed by atoms with Crippen molar-refractivity contribution in [3.8, 4) is 23.5 Å². The van der Waals surface area contributed by atoms with E-state index < -0.39 is 5.91 Å². The highest BCUT2D eigenvalue weighted by atomic mass is 16.1. The molecular weight excluding hydrogens is 210 g/mol. The summed E-state index contributed by atoms with van der Waals surface area (Å²) in [6.45, 7) is 0. The first-order valence-electron chi connectivity index (χ1n) is 5.18. The van der Waals surface area contributed by atoms with E-state index >= 15 is 0 Å². The third-order valence-electron chi connectivity index (χ3n) is 2.57. The largest absolute Gasteiger partial charge is 0.366 e. The molecule has 0 fully saturated rings. The number of terminal acetylenes is 1. The molecule has 82 valence electrons. The lowest BCUT2D eigenvalue weighted by atomic mass is 9.95. The number of primary amides is 1. The summed E-state index contributed by atoms with van der Waals surface area (Å²) >= 11 is 0. The Bertz CT molecular complexity index is 570. The predicted octanol–water partition coefficient (Wildman–Crippen LogP) is 2.43. The number of fused-ring (bicyclic) bond motifs is 1. The van der Waals surface area contributed by atoms with Crippen LogP contribution in [0.4, 0.5) is 0 Å². The van der Waals surface area contributed by atoms with Crippen molar-refractivity contribution in [2.24, 2.45) is 5.73 Å². The fourth-order valence-corrected chi connectivity index (χ4v) is 1.49. The van der Waals surface area contributed by atoms with Crippen LogP contribution in [0.15, 0.2) is 48.5 Å². The maximum Gasteiger partial charge on any atom is 0.249 e. The minimum absolute atomic E-state index is 0.398. The first-order valence-corrected chi connectivity index (χ1v) is 5.18. The molecule has 0 aromatic heterocycles. The molecule has 0 saturated carbocycles. The number of nitrogens with two attached hydrogens (primary N) is 1. The molecule has 1 aromatic rings. The molecule has 0 saturated heterocycles. The van der Waals surface area contributed by atoms with Gasteiger partial charge in [-0.25, -0.2) is 0 Å². The molecule has 2 heteroatoms. The zero-order chi connectivity index (χ0) is 12.3. The smallest absolute Gasteiger partial charge is 0.249 e. The van der Waals surface area contributed by atoms with Crippen molar-refractivity contribution in [1.29, 1.82) is 0 Å². The van der Waals surface area contributed by atoms with Crippen molar-refractivity contribution in [3.63, 3.8) is 0 Å². The van der Waals surface area contributed by atoms with Gasteiger partial charge >= 0.3 is 0 Å². The third kappa shape index (κ3) is 2.19. The van der Waals surface area contributed by atoms with Crippen molar-refractivity contribution in [1.82, 2.24) is 0 Å². The molecule has 0 unspecified atom stereocenters. The molecule has 2 aliphatic carbocycles. The van der Waals surface area contributed by atoms with E-state index in [0.29, 0.717) is 11.1 Å². The average Bonchev–Trinajstić information content (AvgIpc) is 2.34. The van der Waals surface area contributed by atoms with Gasteiger partial charge in [-0.05, 0) is 23.3 Å². The zero-order valence-electron chi connectivity index (χ0n) is 9.18. The Kier molecular flexibility index (Phi) is 2.93. The molecule has 0 radical (unpaired) electrons. The average molecular weight is 221 g/mol. The van der Waals surface area contributed by atoms with Gasteiger partial charge in [-0.15, -0.1) is 6.42 Å². The number of amides is 1. The monoisotopic (exact) mass is 221 g/mol. The van der Waals surface area contributed by atoms with Gasteiger partial charge in [-0.2, -0.15) is 0 Å². The van der Waals surface area contributed by atoms with Crippen LogP contribution in [0.1, 0.15) is 15.9 Å². The number of rotatable bonds is 1. The molecule has 17 heavy (non-hydrogen) atoms. The van der Waals surface area contributed by atoms with Crippen molar-refractivity contribution in [2.45, 2.75) is 0 Å². The van der Waals surface area contributed by atoms with Gasteiger partial charge < -0.3 is 5.73 Å². The molecule has 2 nitrogen and oxygen atoms in total. The number of benzene rings is 2. The molecule has 0 spiro atoms. The summed E-state index contributed by atoms with van der Waals surface area (Å²) in [5, 5.41) is 0. The van der Waals surface area contributed by atoms with Crippen molar-refractivity contribution in [3.05, 3.63) is 59.7 Å². The zero-order valence-corrected chi connectivity index (χ0v) is 9.18. The van der Waals surface area contributed by atoms with Gasteiger partial charge in [0.25, 0.3) is 0 Å². The lowest BCUT2D eigenvalue weighted by molar-refractivity contribution is 0.1000. The van der Waals surface area contributed by atoms with Crippen LogP contribution in [-0.2, 0) is 0 Å². The Morgan fingerprint density at radius 2 is 1.53 bits per heavy atom. The summed E-state index contributed by atoms with van der Waals surface area (Å²) in [5.41, 5.74) is 8.85. The summed E-state index contributed by atoms with van der Waals surface area (Å²) in [5.74, 6) is 1.89. The first-order chi connectivity index (χ1) is 8.22. The molecular formula is C15H11NO. The second-order valence-corrected chi connectivity index (χ2v) is 3.63. The van der Waals surface area contributed by atoms with Crippen LogP contribution >= 0.6 is 0 Å². The second kappa shape index (κ2) is 4.54. The normalized spacial score (nSPS) is 9.59. The summed E-state index contributed by atoms with van der Waals surface area (Å²) in [6, 6.07) is 15.3. The molecule has 3 rings (SSSR count). The van der Waals surface area contributed by atoms with Crippen LogP contribution < -0.4 is 5.73 Å². The summed E-state index contributed by atoms with van der Waals surface area (Å²) < 4.78 is 0. The molecule has 0 atom stereocenters. The number of carbonyl (C=O) groups is 1. The molecule has 2 aliphatic rings. The van der Waals surface area contributed by atoms with E-state index in [1.165, 1.54) is 11.1 Å². The van der Waals surface area contributed by atoms with Gasteiger partial charge in [-0.3, -0.25) is 4.79 Å². The highest BCUT2D eigenvalue weighted by Crippen LogP contribution is 2.29. The first kappa shape index (κ1) is 11.0. The van der Waals surface area contributed by atoms with Gasteiger partial charge in [0.15, 0.2) is 0 Å². The second-order valence-electron chi connectivity index (χ2n) is 3.63. The lowest BCUT2D eigenvalue weighted by Crippen LogP contribution is -2.12. The van der Waals surface area contributed by atoms with Crippen LogP contribution in [0.3, 0.4) is 0 Å². The highest BCUT2D eigenvalue weighted by Gasteiger charge is 2.04. The molecule has 1 amide bonds. The number of carbonyl (C=O) groups excluding carboxylic acids is 1. The molecule has 0 bridgehead atoms. The van der Waals surface area contributed by atoms with Crippen LogP contribution in [0.2, 0.25) is 0 Å². The number of hydrogen-bond acceptors (Lipinski definition) is 1. The van der Waals surface area contributed by atoms with Crippen LogP contribution in [0.25, 0.3) is 11.1 Å². The van der Waals surface area contributed by atoms with E-state index in [-0.39, 0.29) is 0 Å². The Morgan fingerprint density at radius 1 is 1.00 bits per heavy atom. The maximum atomic E-state index is 10.7. The van der Waals surface area contributed by atoms with Gasteiger partial charge in [0.2, 0.25) is 5.91 Å². The topological polar surface area (TPSA) is 43.1 Å². The standard InChI is InChI=1S/C9H7NO.C6H4/c1-2-7-5-3-4-6-8(7)9(10)11;1-2-6-4-3-5(1)6/h1,3-6H,(H2,10,11);1-4H. The van der Waals surface area contributed by atoms with Crippen molar-refractivity contribution >= 4 is 5.91 Å². The predicted molar refractivity (Wildman–Crippen MR) is 68.3 cm³/mol. The Morgan fingerprint density at radius 3 is 1.82 bits per heavy atom. The Hall–Kier alpha value is -2.53. The summed E-state index contributed by atoms with van der Waals surface area (Å²) in [4.78, 5) is 10.7. The molecule has 1 aromatic carbocycles. The minimum atomic E-state index is -0.487. The van der Waals surface area contributed by atoms with Gasteiger partial charge in [0, 0.05) is 5.56 Å². The van der Waals surface area contributed by atoms with E-state index in [0.717, 1.165) is 0 Å². The summed E-state index contributed by atoms with van der Waals surface area (Å²) in [7, 11) is 0. The number of hydrogen-bond donors (Lipinski definition) is 1. The lowest BCUT2D eigenvalue weighted by Gasteiger charge is -2.10. The van der Waals surface area contributed by atoms with E-state index in [1.807, 2.05) is 0 Å². The third-order valence-corrected chi connectivity index (χ3v) is 2.57. The fourth-order valence-electron chi connectivity index (χ4n) is 1.49. The fraction of sp³-hybridized carbons (Fsp3) is 0. The Balaban J connectivity index is 0.000000148. The molecule has 0 aliphatic heterocycles. The van der Waals surface area contributed by atoms with E-state index in [1.54, 1.807) is 24.3 Å². The van der Waals surface area contributed by atoms with Crippen molar-refractivity contribution in [2.75, 3.05) is 0 Å². The van der Waals surface area contributed by atoms with Crippen LogP contribution in [-0.4, -0.2) is 5.91 Å².